The summed E-state index contributed by atoms with van der Waals surface area (Å²) in [5.74, 6) is 1.32. The summed E-state index contributed by atoms with van der Waals surface area (Å²) in [5, 5.41) is 10.7. The molecule has 0 unspecified atom stereocenters. The summed E-state index contributed by atoms with van der Waals surface area (Å²) in [4.78, 5) is 4.48. The van der Waals surface area contributed by atoms with Gasteiger partial charge in [-0.05, 0) is 47.9 Å². The van der Waals surface area contributed by atoms with Gasteiger partial charge in [-0.3, -0.25) is 4.98 Å². The topological polar surface area (TPSA) is 55.1 Å². The number of nitrogens with zero attached hydrogens (tertiary/aromatic N) is 2. The normalized spacial score (nSPS) is 10.4. The molecule has 1 aromatic heterocycles. The third kappa shape index (κ3) is 3.89. The van der Waals surface area contributed by atoms with Crippen LogP contribution in [-0.4, -0.2) is 19.0 Å². The van der Waals surface area contributed by atoms with Crippen molar-refractivity contribution in [2.75, 3.05) is 7.11 Å². The van der Waals surface area contributed by atoms with Gasteiger partial charge in [0.05, 0.1) is 18.7 Å². The molecule has 0 radical (unpaired) electrons. The Morgan fingerprint density at radius 2 is 1.76 bits per heavy atom. The van der Waals surface area contributed by atoms with Crippen LogP contribution in [0, 0.1) is 11.3 Å². The van der Waals surface area contributed by atoms with Crippen molar-refractivity contribution < 1.29 is 9.39 Å². The summed E-state index contributed by atoms with van der Waals surface area (Å²) >= 11 is 6.28. The molecule has 0 fully saturated rings. The predicted molar refractivity (Wildman–Crippen MR) is 117 cm³/mol. The van der Waals surface area contributed by atoms with Crippen molar-refractivity contribution in [2.24, 2.45) is 0 Å². The molecule has 1 heterocycles. The largest absolute Gasteiger partial charge is 0.550 e. The van der Waals surface area contributed by atoms with Crippen LogP contribution in [0.5, 0.6) is 11.5 Å². The van der Waals surface area contributed by atoms with Crippen LogP contribution in [0.1, 0.15) is 5.56 Å². The van der Waals surface area contributed by atoms with E-state index in [1.54, 1.807) is 31.5 Å². The van der Waals surface area contributed by atoms with Crippen molar-refractivity contribution >= 4 is 40.3 Å². The van der Waals surface area contributed by atoms with E-state index in [-0.39, 0.29) is 0 Å². The quantitative estimate of drug-likeness (QED) is 0.478. The lowest BCUT2D eigenvalue weighted by molar-refractivity contribution is 0.417. The van der Waals surface area contributed by atoms with Crippen molar-refractivity contribution in [3.8, 4) is 17.6 Å². The van der Waals surface area contributed by atoms with E-state index >= 15 is 0 Å². The minimum Gasteiger partial charge on any atom is -0.550 e. The lowest BCUT2D eigenvalue weighted by atomic mass is 9.55. The number of benzene rings is 3. The Balaban J connectivity index is 1.86. The van der Waals surface area contributed by atoms with Crippen LogP contribution in [-0.2, 0) is 0 Å². The fraction of sp³-hybridized carbons (Fsp3) is 0.0435. The average molecular weight is 399 g/mol. The molecule has 3 aromatic carbocycles. The first-order valence-electron chi connectivity index (χ1n) is 9.03. The standard InChI is InChI=1S/C23H16BClN2O2/c1-28-21-12-11-19(25)14-20(21)24(18-9-7-16(15-26)8-10-18)29-22-6-2-4-17-5-3-13-27-23(17)22/h2-14H,1H3. The number of para-hydroxylation sites is 1. The van der Waals surface area contributed by atoms with Crippen LogP contribution in [0.4, 0.5) is 0 Å². The van der Waals surface area contributed by atoms with Crippen LogP contribution in [0.2, 0.25) is 5.02 Å². The summed E-state index contributed by atoms with van der Waals surface area (Å²) in [6, 6.07) is 24.6. The molecule has 4 rings (SSSR count). The molecule has 0 saturated heterocycles. The SMILES string of the molecule is COc1ccc(Cl)cc1B(Oc1cccc2cccnc12)c1ccc(C#N)cc1. The zero-order valence-corrected chi connectivity index (χ0v) is 16.4. The van der Waals surface area contributed by atoms with E-state index in [2.05, 4.69) is 11.1 Å². The molecule has 4 nitrogen and oxygen atoms in total. The maximum atomic E-state index is 9.13. The van der Waals surface area contributed by atoms with E-state index in [0.29, 0.717) is 22.1 Å². The van der Waals surface area contributed by atoms with Gasteiger partial charge in [0.1, 0.15) is 17.0 Å². The Morgan fingerprint density at radius 3 is 2.52 bits per heavy atom. The summed E-state index contributed by atoms with van der Waals surface area (Å²) in [6.45, 7) is -0.496. The molecular formula is C23H16BClN2O2. The highest BCUT2D eigenvalue weighted by Gasteiger charge is 2.28. The van der Waals surface area contributed by atoms with Crippen LogP contribution in [0.3, 0.4) is 0 Å². The van der Waals surface area contributed by atoms with Crippen LogP contribution >= 0.6 is 11.6 Å². The molecule has 4 aromatic rings. The Hall–Kier alpha value is -3.49. The van der Waals surface area contributed by atoms with Gasteiger partial charge in [0.15, 0.2) is 0 Å². The number of nitriles is 1. The van der Waals surface area contributed by atoms with Gasteiger partial charge in [0, 0.05) is 22.1 Å². The first kappa shape index (κ1) is 18.9. The van der Waals surface area contributed by atoms with E-state index in [0.717, 1.165) is 21.8 Å². The summed E-state index contributed by atoms with van der Waals surface area (Å²) in [7, 11) is 1.61. The van der Waals surface area contributed by atoms with Crippen molar-refractivity contribution in [1.29, 1.82) is 5.26 Å². The molecule has 0 aliphatic rings. The fourth-order valence-corrected chi connectivity index (χ4v) is 3.43. The number of rotatable bonds is 5. The van der Waals surface area contributed by atoms with E-state index in [9.17, 15) is 0 Å². The number of ether oxygens (including phenoxy) is 1. The van der Waals surface area contributed by atoms with Crippen molar-refractivity contribution in [1.82, 2.24) is 4.98 Å². The number of aromatic nitrogens is 1. The minimum absolute atomic E-state index is 0.496. The minimum atomic E-state index is -0.496. The number of halogens is 1. The Morgan fingerprint density at radius 1 is 0.966 bits per heavy atom. The Labute approximate surface area is 174 Å². The number of hydrogen-bond acceptors (Lipinski definition) is 4. The molecular weight excluding hydrogens is 383 g/mol. The third-order valence-electron chi connectivity index (χ3n) is 4.66. The second-order valence-electron chi connectivity index (χ2n) is 6.45. The lowest BCUT2D eigenvalue weighted by Crippen LogP contribution is -2.48. The van der Waals surface area contributed by atoms with Crippen LogP contribution in [0.25, 0.3) is 10.9 Å². The molecule has 0 saturated carbocycles. The molecule has 140 valence electrons. The molecule has 29 heavy (non-hydrogen) atoms. The van der Waals surface area contributed by atoms with E-state index in [1.165, 1.54) is 0 Å². The van der Waals surface area contributed by atoms with E-state index in [1.807, 2.05) is 54.6 Å². The number of hydrogen-bond donors (Lipinski definition) is 0. The molecule has 0 amide bonds. The smallest absolute Gasteiger partial charge is 0.430 e. The molecule has 0 aliphatic heterocycles. The number of pyridine rings is 1. The maximum absolute atomic E-state index is 9.13. The Kier molecular flexibility index (Phi) is 5.37. The van der Waals surface area contributed by atoms with Crippen molar-refractivity contribution in [3.05, 3.63) is 89.6 Å². The van der Waals surface area contributed by atoms with Crippen molar-refractivity contribution in [2.45, 2.75) is 0 Å². The van der Waals surface area contributed by atoms with Gasteiger partial charge in [0.2, 0.25) is 0 Å². The van der Waals surface area contributed by atoms with Gasteiger partial charge in [-0.2, -0.15) is 5.26 Å². The highest BCUT2D eigenvalue weighted by atomic mass is 35.5. The lowest BCUT2D eigenvalue weighted by Gasteiger charge is -2.20. The summed E-state index contributed by atoms with van der Waals surface area (Å²) in [6.07, 6.45) is 1.74. The maximum Gasteiger partial charge on any atom is 0.430 e. The predicted octanol–water partition coefficient (Wildman–Crippen LogP) is 3.95. The first-order chi connectivity index (χ1) is 14.2. The molecule has 0 spiro atoms. The second-order valence-corrected chi connectivity index (χ2v) is 6.89. The zero-order valence-electron chi connectivity index (χ0n) is 15.7. The van der Waals surface area contributed by atoms with Gasteiger partial charge >= 0.3 is 6.92 Å². The zero-order chi connectivity index (χ0) is 20.2. The number of fused-ring (bicyclic) bond motifs is 1. The summed E-state index contributed by atoms with van der Waals surface area (Å²) in [5.41, 5.74) is 3.02. The van der Waals surface area contributed by atoms with Gasteiger partial charge in [-0.1, -0.05) is 41.9 Å². The molecule has 6 heteroatoms. The fourth-order valence-electron chi connectivity index (χ4n) is 3.25. The van der Waals surface area contributed by atoms with Crippen LogP contribution < -0.4 is 20.3 Å². The first-order valence-corrected chi connectivity index (χ1v) is 9.41. The van der Waals surface area contributed by atoms with Gasteiger partial charge in [0.25, 0.3) is 0 Å². The summed E-state index contributed by atoms with van der Waals surface area (Å²) < 4.78 is 12.1. The molecule has 0 atom stereocenters. The highest BCUT2D eigenvalue weighted by Crippen LogP contribution is 2.24. The second kappa shape index (κ2) is 8.26. The monoisotopic (exact) mass is 398 g/mol. The van der Waals surface area contributed by atoms with Gasteiger partial charge in [-0.15, -0.1) is 0 Å². The van der Waals surface area contributed by atoms with E-state index in [4.69, 9.17) is 26.3 Å². The van der Waals surface area contributed by atoms with Crippen LogP contribution in [0.15, 0.2) is 79.0 Å². The molecule has 0 bridgehead atoms. The average Bonchev–Trinajstić information content (AvgIpc) is 2.77. The third-order valence-corrected chi connectivity index (χ3v) is 4.89. The molecule has 0 N–H and O–H groups in total. The van der Waals surface area contributed by atoms with E-state index < -0.39 is 6.92 Å². The highest BCUT2D eigenvalue weighted by molar-refractivity contribution is 6.81. The molecule has 0 aliphatic carbocycles. The van der Waals surface area contributed by atoms with Gasteiger partial charge < -0.3 is 9.39 Å². The Bertz CT molecular complexity index is 1200. The number of methoxy groups -OCH3 is 1. The van der Waals surface area contributed by atoms with Crippen molar-refractivity contribution in [3.63, 3.8) is 0 Å². The van der Waals surface area contributed by atoms with Gasteiger partial charge in [-0.25, -0.2) is 0 Å².